The summed E-state index contributed by atoms with van der Waals surface area (Å²) in [6.07, 6.45) is 0. The van der Waals surface area contributed by atoms with Crippen molar-refractivity contribution in [3.8, 4) is 5.88 Å². The molecular weight excluding hydrogens is 323 g/mol. The molecule has 0 fully saturated rings. The third kappa shape index (κ3) is 3.50. The van der Waals surface area contributed by atoms with E-state index in [0.29, 0.717) is 10.9 Å². The fraction of sp³-hybridized carbons (Fsp3) is 0.357. The molecule has 0 unspecified atom stereocenters. The second-order valence-electron chi connectivity index (χ2n) is 4.48. The lowest BCUT2D eigenvalue weighted by atomic mass is 10.2. The lowest BCUT2D eigenvalue weighted by Gasteiger charge is -2.19. The SMILES string of the molecule is CCOP(=O)(OCC)c1cc2ccc([N+](=O)[O-])cc2nc1OC. The standard InChI is InChI=1S/C14H17N2O6P/c1-4-21-23(19,22-5-2)13-8-10-6-7-11(16(17)18)9-12(10)15-14(13)20-3/h6-9H,4-5H2,1-3H3. The number of ether oxygens (including phenoxy) is 1. The lowest BCUT2D eigenvalue weighted by Crippen LogP contribution is -2.15. The van der Waals surface area contributed by atoms with Gasteiger partial charge < -0.3 is 13.8 Å². The first-order valence-corrected chi connectivity index (χ1v) is 8.52. The summed E-state index contributed by atoms with van der Waals surface area (Å²) < 4.78 is 28.7. The molecule has 124 valence electrons. The number of methoxy groups -OCH3 is 1. The Kier molecular flexibility index (Phi) is 5.30. The average Bonchev–Trinajstić information content (AvgIpc) is 2.53. The van der Waals surface area contributed by atoms with Gasteiger partial charge >= 0.3 is 7.60 Å². The van der Waals surface area contributed by atoms with Crippen molar-refractivity contribution in [2.75, 3.05) is 20.3 Å². The van der Waals surface area contributed by atoms with E-state index in [0.717, 1.165) is 0 Å². The summed E-state index contributed by atoms with van der Waals surface area (Å²) in [5.41, 5.74) is 0.275. The Morgan fingerprint density at radius 1 is 1.22 bits per heavy atom. The van der Waals surface area contributed by atoms with Gasteiger partial charge in [0, 0.05) is 17.5 Å². The number of hydrogen-bond donors (Lipinski definition) is 0. The monoisotopic (exact) mass is 340 g/mol. The predicted molar refractivity (Wildman–Crippen MR) is 85.4 cm³/mol. The Morgan fingerprint density at radius 2 is 1.87 bits per heavy atom. The van der Waals surface area contributed by atoms with E-state index >= 15 is 0 Å². The summed E-state index contributed by atoms with van der Waals surface area (Å²) >= 11 is 0. The van der Waals surface area contributed by atoms with Crippen molar-refractivity contribution >= 4 is 29.5 Å². The molecule has 9 heteroatoms. The van der Waals surface area contributed by atoms with Gasteiger partial charge in [0.2, 0.25) is 5.88 Å². The first kappa shape index (κ1) is 17.3. The fourth-order valence-electron chi connectivity index (χ4n) is 2.10. The van der Waals surface area contributed by atoms with Crippen molar-refractivity contribution in [2.24, 2.45) is 0 Å². The van der Waals surface area contributed by atoms with Crippen LogP contribution >= 0.6 is 7.60 Å². The highest BCUT2D eigenvalue weighted by molar-refractivity contribution is 7.62. The van der Waals surface area contributed by atoms with Gasteiger partial charge in [-0.3, -0.25) is 14.7 Å². The predicted octanol–water partition coefficient (Wildman–Crippen LogP) is 3.04. The topological polar surface area (TPSA) is 101 Å². The maximum absolute atomic E-state index is 12.9. The van der Waals surface area contributed by atoms with Crippen LogP contribution in [0.3, 0.4) is 0 Å². The van der Waals surface area contributed by atoms with Gasteiger partial charge in [-0.2, -0.15) is 0 Å². The zero-order valence-corrected chi connectivity index (χ0v) is 13.9. The number of aromatic nitrogens is 1. The molecule has 0 atom stereocenters. The molecule has 8 nitrogen and oxygen atoms in total. The number of fused-ring (bicyclic) bond motifs is 1. The van der Waals surface area contributed by atoms with Crippen LogP contribution in [0.25, 0.3) is 10.9 Å². The van der Waals surface area contributed by atoms with Gasteiger partial charge in [0.15, 0.2) is 0 Å². The van der Waals surface area contributed by atoms with Crippen LogP contribution in [0.1, 0.15) is 13.8 Å². The van der Waals surface area contributed by atoms with E-state index in [4.69, 9.17) is 13.8 Å². The molecular formula is C14H17N2O6P. The minimum Gasteiger partial charge on any atom is -0.480 e. The Labute approximate surface area is 133 Å². The highest BCUT2D eigenvalue weighted by Crippen LogP contribution is 2.49. The Hall–Kier alpha value is -2.02. The molecule has 0 spiro atoms. The molecule has 1 aromatic heterocycles. The molecule has 0 radical (unpaired) electrons. The number of nitro benzene ring substituents is 1. The molecule has 23 heavy (non-hydrogen) atoms. The van der Waals surface area contributed by atoms with Gasteiger partial charge in [-0.25, -0.2) is 4.98 Å². The van der Waals surface area contributed by atoms with Crippen LogP contribution in [-0.2, 0) is 13.6 Å². The number of pyridine rings is 1. The highest BCUT2D eigenvalue weighted by Gasteiger charge is 2.32. The zero-order valence-electron chi connectivity index (χ0n) is 13.0. The van der Waals surface area contributed by atoms with Crippen molar-refractivity contribution in [3.05, 3.63) is 34.4 Å². The lowest BCUT2D eigenvalue weighted by molar-refractivity contribution is -0.384. The molecule has 0 bridgehead atoms. The molecule has 1 aromatic carbocycles. The van der Waals surface area contributed by atoms with E-state index in [1.165, 1.54) is 25.3 Å². The second-order valence-corrected chi connectivity index (χ2v) is 6.48. The number of rotatable bonds is 7. The second kappa shape index (κ2) is 7.04. The van der Waals surface area contributed by atoms with Crippen LogP contribution in [0.4, 0.5) is 5.69 Å². The molecule has 1 heterocycles. The largest absolute Gasteiger partial charge is 0.480 e. The fourth-order valence-corrected chi connectivity index (χ4v) is 3.81. The third-order valence-electron chi connectivity index (χ3n) is 3.04. The Morgan fingerprint density at radius 3 is 2.39 bits per heavy atom. The number of nitro groups is 1. The summed E-state index contributed by atoms with van der Waals surface area (Å²) in [5.74, 6) is 0.0585. The number of benzene rings is 1. The zero-order chi connectivity index (χ0) is 17.0. The van der Waals surface area contributed by atoms with Crippen molar-refractivity contribution in [1.29, 1.82) is 0 Å². The summed E-state index contributed by atoms with van der Waals surface area (Å²) in [5, 5.41) is 11.6. The summed E-state index contributed by atoms with van der Waals surface area (Å²) in [7, 11) is -2.21. The smallest absolute Gasteiger partial charge is 0.366 e. The van der Waals surface area contributed by atoms with Crippen LogP contribution in [0.15, 0.2) is 24.3 Å². The van der Waals surface area contributed by atoms with Gasteiger partial charge in [0.1, 0.15) is 5.30 Å². The molecule has 0 N–H and O–H groups in total. The average molecular weight is 340 g/mol. The van der Waals surface area contributed by atoms with Crippen molar-refractivity contribution in [1.82, 2.24) is 4.98 Å². The number of hydrogen-bond acceptors (Lipinski definition) is 7. The van der Waals surface area contributed by atoms with E-state index in [9.17, 15) is 14.7 Å². The van der Waals surface area contributed by atoms with Crippen molar-refractivity contribution in [3.63, 3.8) is 0 Å². The molecule has 2 aromatic rings. The van der Waals surface area contributed by atoms with E-state index in [2.05, 4.69) is 4.98 Å². The van der Waals surface area contributed by atoms with Crippen LogP contribution in [-0.4, -0.2) is 30.2 Å². The Balaban J connectivity index is 2.66. The maximum Gasteiger partial charge on any atom is 0.366 e. The molecule has 0 amide bonds. The first-order valence-electron chi connectivity index (χ1n) is 6.98. The molecule has 0 aliphatic carbocycles. The number of nitrogens with zero attached hydrogens (tertiary/aromatic N) is 2. The van der Waals surface area contributed by atoms with Crippen molar-refractivity contribution < 1.29 is 23.3 Å². The molecule has 0 aliphatic rings. The van der Waals surface area contributed by atoms with Gasteiger partial charge in [0.25, 0.3) is 5.69 Å². The first-order chi connectivity index (χ1) is 10.9. The van der Waals surface area contributed by atoms with Crippen LogP contribution in [0.2, 0.25) is 0 Å². The van der Waals surface area contributed by atoms with Gasteiger partial charge in [-0.15, -0.1) is 0 Å². The summed E-state index contributed by atoms with van der Waals surface area (Å²) in [6.45, 7) is 3.80. The van der Waals surface area contributed by atoms with E-state index in [1.807, 2.05) is 0 Å². The van der Waals surface area contributed by atoms with Gasteiger partial charge in [-0.05, 0) is 26.0 Å². The minimum absolute atomic E-state index is 0.0585. The van der Waals surface area contributed by atoms with Crippen molar-refractivity contribution in [2.45, 2.75) is 13.8 Å². The highest BCUT2D eigenvalue weighted by atomic mass is 31.2. The maximum atomic E-state index is 12.9. The van der Waals surface area contributed by atoms with E-state index in [1.54, 1.807) is 19.9 Å². The van der Waals surface area contributed by atoms with Crippen LogP contribution in [0, 0.1) is 10.1 Å². The van der Waals surface area contributed by atoms with Gasteiger partial charge in [-0.1, -0.05) is 0 Å². The summed E-state index contributed by atoms with van der Waals surface area (Å²) in [6, 6.07) is 5.78. The molecule has 0 saturated heterocycles. The number of non-ortho nitro benzene ring substituents is 1. The third-order valence-corrected chi connectivity index (χ3v) is 5.15. The minimum atomic E-state index is -3.58. The Bertz CT molecular complexity index is 769. The van der Waals surface area contributed by atoms with Crippen LogP contribution < -0.4 is 10.0 Å². The van der Waals surface area contributed by atoms with Crippen LogP contribution in [0.5, 0.6) is 5.88 Å². The van der Waals surface area contributed by atoms with Gasteiger partial charge in [0.05, 0.1) is 30.8 Å². The quantitative estimate of drug-likeness (QED) is 0.434. The molecule has 2 rings (SSSR count). The van der Waals surface area contributed by atoms with E-state index < -0.39 is 12.5 Å². The summed E-state index contributed by atoms with van der Waals surface area (Å²) in [4.78, 5) is 14.6. The normalized spacial score (nSPS) is 11.6. The molecule has 0 saturated carbocycles. The molecule has 0 aliphatic heterocycles. The van der Waals surface area contributed by atoms with E-state index in [-0.39, 0.29) is 30.1 Å².